The van der Waals surface area contributed by atoms with E-state index in [1.165, 1.54) is 6.92 Å². The van der Waals surface area contributed by atoms with Gasteiger partial charge in [-0.05, 0) is 37.3 Å². The summed E-state index contributed by atoms with van der Waals surface area (Å²) in [6, 6.07) is 11.6. The van der Waals surface area contributed by atoms with E-state index in [2.05, 4.69) is 4.98 Å². The average Bonchev–Trinajstić information content (AvgIpc) is 3.10. The number of Topliss-reactive ketones (excluding diaryl/α,β-unsaturated/α-hetero) is 1. The van der Waals surface area contributed by atoms with E-state index >= 15 is 0 Å². The van der Waals surface area contributed by atoms with Crippen molar-refractivity contribution >= 4 is 32.5 Å². The highest BCUT2D eigenvalue weighted by atomic mass is 32.2. The zero-order chi connectivity index (χ0) is 20.3. The number of rotatable bonds is 7. The number of benzene rings is 2. The fraction of sp³-hybridized carbons (Fsp3) is 0.200. The Morgan fingerprint density at radius 2 is 1.79 bits per heavy atom. The standard InChI is InChI=1S/C20H18FNO5S/c1-13(20(24)17-12-22-18-5-3-2-4-16(17)18)27-19(23)10-11-28(25,26)15-8-6-14(21)7-9-15/h2-9,12-13,22H,10-11H2,1H3/t13-/m1/s1. The predicted molar refractivity (Wildman–Crippen MR) is 101 cm³/mol. The third-order valence-corrected chi connectivity index (χ3v) is 6.01. The molecule has 0 aliphatic carbocycles. The van der Waals surface area contributed by atoms with Crippen LogP contribution < -0.4 is 0 Å². The zero-order valence-corrected chi connectivity index (χ0v) is 15.8. The summed E-state index contributed by atoms with van der Waals surface area (Å²) >= 11 is 0. The molecule has 146 valence electrons. The summed E-state index contributed by atoms with van der Waals surface area (Å²) in [4.78, 5) is 27.5. The Morgan fingerprint density at radius 3 is 2.50 bits per heavy atom. The summed E-state index contributed by atoms with van der Waals surface area (Å²) in [7, 11) is -3.76. The van der Waals surface area contributed by atoms with Crippen LogP contribution in [-0.4, -0.2) is 37.0 Å². The number of hydrogen-bond acceptors (Lipinski definition) is 5. The van der Waals surface area contributed by atoms with Crippen LogP contribution in [0.1, 0.15) is 23.7 Å². The fourth-order valence-electron chi connectivity index (χ4n) is 2.78. The van der Waals surface area contributed by atoms with Crippen LogP contribution in [0.4, 0.5) is 4.39 Å². The highest BCUT2D eigenvalue weighted by Crippen LogP contribution is 2.20. The Kier molecular flexibility index (Phi) is 5.60. The van der Waals surface area contributed by atoms with Crippen molar-refractivity contribution in [1.82, 2.24) is 4.98 Å². The topological polar surface area (TPSA) is 93.3 Å². The third-order valence-electron chi connectivity index (χ3n) is 4.28. The number of fused-ring (bicyclic) bond motifs is 1. The molecule has 1 N–H and O–H groups in total. The number of nitrogens with one attached hydrogen (secondary N) is 1. The number of aromatic amines is 1. The number of H-pyrrole nitrogens is 1. The first kappa shape index (κ1) is 19.8. The van der Waals surface area contributed by atoms with E-state index in [1.54, 1.807) is 18.3 Å². The number of ketones is 1. The van der Waals surface area contributed by atoms with Crippen molar-refractivity contribution in [2.24, 2.45) is 0 Å². The van der Waals surface area contributed by atoms with Gasteiger partial charge in [-0.25, -0.2) is 12.8 Å². The van der Waals surface area contributed by atoms with Gasteiger partial charge in [0.25, 0.3) is 0 Å². The Balaban J connectivity index is 1.61. The second-order valence-electron chi connectivity index (χ2n) is 6.27. The SMILES string of the molecule is C[C@@H](OC(=O)CCS(=O)(=O)c1ccc(F)cc1)C(=O)c1c[nH]c2ccccc12. The highest BCUT2D eigenvalue weighted by molar-refractivity contribution is 7.91. The van der Waals surface area contributed by atoms with E-state index in [4.69, 9.17) is 4.74 Å². The number of ether oxygens (including phenoxy) is 1. The lowest BCUT2D eigenvalue weighted by atomic mass is 10.1. The molecule has 0 saturated carbocycles. The van der Waals surface area contributed by atoms with Crippen molar-refractivity contribution in [3.05, 3.63) is 66.1 Å². The van der Waals surface area contributed by atoms with Gasteiger partial charge < -0.3 is 9.72 Å². The molecule has 1 aromatic heterocycles. The van der Waals surface area contributed by atoms with Crippen LogP contribution in [0, 0.1) is 5.82 Å². The average molecular weight is 403 g/mol. The van der Waals surface area contributed by atoms with E-state index in [0.717, 1.165) is 29.8 Å². The van der Waals surface area contributed by atoms with E-state index in [9.17, 15) is 22.4 Å². The van der Waals surface area contributed by atoms with Gasteiger partial charge in [0.1, 0.15) is 5.82 Å². The zero-order valence-electron chi connectivity index (χ0n) is 15.0. The van der Waals surface area contributed by atoms with Crippen LogP contribution in [0.2, 0.25) is 0 Å². The van der Waals surface area contributed by atoms with E-state index < -0.39 is 39.9 Å². The van der Waals surface area contributed by atoms with Gasteiger partial charge in [-0.15, -0.1) is 0 Å². The molecule has 0 spiro atoms. The Morgan fingerprint density at radius 1 is 1.11 bits per heavy atom. The summed E-state index contributed by atoms with van der Waals surface area (Å²) in [5.41, 5.74) is 1.18. The quantitative estimate of drug-likeness (QED) is 0.371. The minimum absolute atomic E-state index is 0.0791. The molecule has 0 fully saturated rings. The van der Waals surface area contributed by atoms with E-state index in [-0.39, 0.29) is 10.7 Å². The third kappa shape index (κ3) is 4.28. The Bertz CT molecular complexity index is 1120. The van der Waals surface area contributed by atoms with Crippen LogP contribution in [0.5, 0.6) is 0 Å². The largest absolute Gasteiger partial charge is 0.454 e. The molecule has 0 saturated heterocycles. The van der Waals surface area contributed by atoms with Gasteiger partial charge in [-0.1, -0.05) is 18.2 Å². The molecule has 0 radical (unpaired) electrons. The van der Waals surface area contributed by atoms with Crippen molar-refractivity contribution < 1.29 is 27.1 Å². The molecular formula is C20H18FNO5S. The minimum atomic E-state index is -3.76. The lowest BCUT2D eigenvalue weighted by molar-refractivity contribution is -0.145. The first-order valence-corrected chi connectivity index (χ1v) is 10.2. The minimum Gasteiger partial charge on any atom is -0.454 e. The molecule has 28 heavy (non-hydrogen) atoms. The summed E-state index contributed by atoms with van der Waals surface area (Å²) in [5.74, 6) is -2.23. The molecule has 8 heteroatoms. The summed E-state index contributed by atoms with van der Waals surface area (Å²) in [5, 5.41) is 0.717. The van der Waals surface area contributed by atoms with Gasteiger partial charge >= 0.3 is 5.97 Å². The summed E-state index contributed by atoms with van der Waals surface area (Å²) in [6.45, 7) is 1.44. The first-order valence-electron chi connectivity index (χ1n) is 8.56. The molecule has 0 aliphatic rings. The van der Waals surface area contributed by atoms with Gasteiger partial charge in [-0.3, -0.25) is 9.59 Å². The fourth-order valence-corrected chi connectivity index (χ4v) is 4.00. The second kappa shape index (κ2) is 7.93. The van der Waals surface area contributed by atoms with Crippen LogP contribution >= 0.6 is 0 Å². The molecule has 3 rings (SSSR count). The molecule has 0 bridgehead atoms. The second-order valence-corrected chi connectivity index (χ2v) is 8.38. The van der Waals surface area contributed by atoms with Crippen LogP contribution in [0.15, 0.2) is 59.6 Å². The molecule has 3 aromatic rings. The van der Waals surface area contributed by atoms with Gasteiger partial charge in [0.05, 0.1) is 17.1 Å². The van der Waals surface area contributed by atoms with Crippen molar-refractivity contribution in [3.8, 4) is 0 Å². The maximum Gasteiger partial charge on any atom is 0.307 e. The molecule has 0 unspecified atom stereocenters. The van der Waals surface area contributed by atoms with Gasteiger partial charge in [0.2, 0.25) is 5.78 Å². The maximum absolute atomic E-state index is 12.9. The van der Waals surface area contributed by atoms with Crippen LogP contribution in [-0.2, 0) is 19.4 Å². The number of aromatic nitrogens is 1. The number of esters is 1. The number of sulfone groups is 1. The summed E-state index contributed by atoms with van der Waals surface area (Å²) < 4.78 is 42.4. The Hall–Kier alpha value is -3.00. The predicted octanol–water partition coefficient (Wildman–Crippen LogP) is 3.29. The molecule has 6 nitrogen and oxygen atoms in total. The Labute approximate surface area is 161 Å². The smallest absolute Gasteiger partial charge is 0.307 e. The molecule has 0 aliphatic heterocycles. The molecule has 0 amide bonds. The first-order chi connectivity index (χ1) is 13.3. The molecule has 1 atom stereocenters. The number of carbonyl (C=O) groups is 2. The van der Waals surface area contributed by atoms with Crippen molar-refractivity contribution in [2.45, 2.75) is 24.3 Å². The highest BCUT2D eigenvalue weighted by Gasteiger charge is 2.23. The monoisotopic (exact) mass is 403 g/mol. The van der Waals surface area contributed by atoms with Gasteiger partial charge in [-0.2, -0.15) is 0 Å². The van der Waals surface area contributed by atoms with Crippen molar-refractivity contribution in [2.75, 3.05) is 5.75 Å². The van der Waals surface area contributed by atoms with Crippen molar-refractivity contribution in [1.29, 1.82) is 0 Å². The number of carbonyl (C=O) groups excluding carboxylic acids is 2. The van der Waals surface area contributed by atoms with Crippen LogP contribution in [0.3, 0.4) is 0 Å². The number of para-hydroxylation sites is 1. The van der Waals surface area contributed by atoms with Crippen molar-refractivity contribution in [3.63, 3.8) is 0 Å². The van der Waals surface area contributed by atoms with Gasteiger partial charge in [0.15, 0.2) is 15.9 Å². The normalized spacial score (nSPS) is 12.6. The number of halogens is 1. The molecule has 1 heterocycles. The lowest BCUT2D eigenvalue weighted by Crippen LogP contribution is -2.25. The van der Waals surface area contributed by atoms with Gasteiger partial charge in [0, 0.05) is 22.7 Å². The van der Waals surface area contributed by atoms with Crippen LogP contribution in [0.25, 0.3) is 10.9 Å². The van der Waals surface area contributed by atoms with E-state index in [1.807, 2.05) is 12.1 Å². The lowest BCUT2D eigenvalue weighted by Gasteiger charge is -2.12. The summed E-state index contributed by atoms with van der Waals surface area (Å²) in [6.07, 6.45) is 0.0851. The maximum atomic E-state index is 12.9. The van der Waals surface area contributed by atoms with E-state index in [0.29, 0.717) is 10.9 Å². The molecular weight excluding hydrogens is 385 g/mol. The molecule has 2 aromatic carbocycles. The number of hydrogen-bond donors (Lipinski definition) is 1.